The summed E-state index contributed by atoms with van der Waals surface area (Å²) in [6.07, 6.45) is 5.50. The molecule has 1 aromatic heterocycles. The third-order valence-corrected chi connectivity index (χ3v) is 4.64. The smallest absolute Gasteiger partial charge is 0.274 e. The zero-order valence-electron chi connectivity index (χ0n) is 14.9. The van der Waals surface area contributed by atoms with Crippen LogP contribution in [0.2, 0.25) is 5.02 Å². The van der Waals surface area contributed by atoms with Crippen molar-refractivity contribution in [2.75, 3.05) is 32.8 Å². The number of halogens is 1. The molecule has 2 amide bonds. The Hall–Kier alpha value is -2.67. The van der Waals surface area contributed by atoms with E-state index in [1.54, 1.807) is 21.9 Å². The minimum absolute atomic E-state index is 0.0735. The van der Waals surface area contributed by atoms with Gasteiger partial charge in [0.25, 0.3) is 5.91 Å². The molecule has 0 unspecified atom stereocenters. The van der Waals surface area contributed by atoms with Crippen LogP contribution in [0.25, 0.3) is 0 Å². The lowest BCUT2D eigenvalue weighted by Gasteiger charge is -2.34. The Balaban J connectivity index is 1.38. The van der Waals surface area contributed by atoms with Crippen molar-refractivity contribution in [1.29, 1.82) is 0 Å². The lowest BCUT2D eigenvalue weighted by Crippen LogP contribution is -2.50. The van der Waals surface area contributed by atoms with Crippen LogP contribution in [0, 0.1) is 0 Å². The third-order valence-electron chi connectivity index (χ3n) is 4.33. The van der Waals surface area contributed by atoms with Crippen LogP contribution in [0.5, 0.6) is 5.75 Å². The van der Waals surface area contributed by atoms with Crippen molar-refractivity contribution in [3.05, 3.63) is 53.6 Å². The molecule has 2 aromatic rings. The van der Waals surface area contributed by atoms with Crippen LogP contribution >= 0.6 is 11.6 Å². The number of carbonyl (C=O) groups is 2. The highest BCUT2D eigenvalue weighted by Gasteiger charge is 2.25. The first-order valence-corrected chi connectivity index (χ1v) is 9.23. The fourth-order valence-corrected chi connectivity index (χ4v) is 3.05. The first-order valence-electron chi connectivity index (χ1n) is 8.85. The highest BCUT2D eigenvalue weighted by Crippen LogP contribution is 2.23. The summed E-state index contributed by atoms with van der Waals surface area (Å²) in [5, 5.41) is 0.563. The fraction of sp³-hybridized carbons (Fsp3) is 0.368. The van der Waals surface area contributed by atoms with Gasteiger partial charge < -0.3 is 14.5 Å². The quantitative estimate of drug-likeness (QED) is 0.709. The Kier molecular flexibility index (Phi) is 6.59. The van der Waals surface area contributed by atoms with Crippen molar-refractivity contribution in [2.45, 2.75) is 12.8 Å². The van der Waals surface area contributed by atoms with Gasteiger partial charge in [0.15, 0.2) is 0 Å². The van der Waals surface area contributed by atoms with Gasteiger partial charge in [-0.1, -0.05) is 23.7 Å². The number of ether oxygens (including phenoxy) is 1. The minimum atomic E-state index is -0.150. The molecule has 0 radical (unpaired) electrons. The largest absolute Gasteiger partial charge is 0.492 e. The number of hydrogen-bond donors (Lipinski definition) is 0. The Morgan fingerprint density at radius 3 is 2.52 bits per heavy atom. The molecule has 1 aliphatic rings. The molecule has 0 saturated carbocycles. The van der Waals surface area contributed by atoms with Crippen LogP contribution in [0.3, 0.4) is 0 Å². The number of hydrogen-bond acceptors (Lipinski definition) is 5. The Labute approximate surface area is 162 Å². The molecular weight excluding hydrogens is 368 g/mol. The van der Waals surface area contributed by atoms with Crippen LogP contribution in [0.1, 0.15) is 23.3 Å². The normalized spacial score (nSPS) is 14.1. The standard InChI is InChI=1S/C19H21ClN4O3/c20-15-4-1-2-5-17(15)27-13-3-6-18(25)23-9-11-24(12-10-23)19(26)16-14-21-7-8-22-16/h1-2,4-5,7-8,14H,3,6,9-13H2. The second-order valence-corrected chi connectivity index (χ2v) is 6.55. The molecule has 1 aliphatic heterocycles. The number of amides is 2. The number of nitrogens with zero attached hydrogens (tertiary/aromatic N) is 4. The van der Waals surface area contributed by atoms with Crippen LogP contribution in [-0.4, -0.2) is 64.4 Å². The van der Waals surface area contributed by atoms with Gasteiger partial charge in [-0.3, -0.25) is 14.6 Å². The van der Waals surface area contributed by atoms with E-state index in [1.165, 1.54) is 18.6 Å². The van der Waals surface area contributed by atoms with E-state index in [4.69, 9.17) is 16.3 Å². The van der Waals surface area contributed by atoms with Gasteiger partial charge in [-0.15, -0.1) is 0 Å². The summed E-state index contributed by atoms with van der Waals surface area (Å²) < 4.78 is 5.60. The summed E-state index contributed by atoms with van der Waals surface area (Å²) in [4.78, 5) is 36.1. The van der Waals surface area contributed by atoms with Crippen LogP contribution in [-0.2, 0) is 4.79 Å². The van der Waals surface area contributed by atoms with Crippen molar-refractivity contribution >= 4 is 23.4 Å². The van der Waals surface area contributed by atoms with Crippen molar-refractivity contribution < 1.29 is 14.3 Å². The maximum atomic E-state index is 12.3. The number of carbonyl (C=O) groups excluding carboxylic acids is 2. The van der Waals surface area contributed by atoms with Crippen molar-refractivity contribution in [3.63, 3.8) is 0 Å². The number of para-hydroxylation sites is 1. The van der Waals surface area contributed by atoms with E-state index in [1.807, 2.05) is 12.1 Å². The molecule has 142 valence electrons. The fourth-order valence-electron chi connectivity index (χ4n) is 2.86. The molecule has 2 heterocycles. The van der Waals surface area contributed by atoms with Gasteiger partial charge in [0.05, 0.1) is 17.8 Å². The SMILES string of the molecule is O=C(CCCOc1ccccc1Cl)N1CCN(C(=O)c2cnccn2)CC1. The first-order chi connectivity index (χ1) is 13.1. The number of rotatable bonds is 6. The van der Waals surface area contributed by atoms with Gasteiger partial charge >= 0.3 is 0 Å². The monoisotopic (exact) mass is 388 g/mol. The van der Waals surface area contributed by atoms with E-state index in [2.05, 4.69) is 9.97 Å². The average Bonchev–Trinajstić information content (AvgIpc) is 2.72. The van der Waals surface area contributed by atoms with Gasteiger partial charge in [-0.2, -0.15) is 0 Å². The highest BCUT2D eigenvalue weighted by atomic mass is 35.5. The van der Waals surface area contributed by atoms with Crippen LogP contribution in [0.15, 0.2) is 42.9 Å². The molecule has 0 atom stereocenters. The van der Waals surface area contributed by atoms with Gasteiger partial charge in [-0.25, -0.2) is 4.98 Å². The summed E-state index contributed by atoms with van der Waals surface area (Å²) in [6.45, 7) is 2.47. The molecule has 0 N–H and O–H groups in total. The lowest BCUT2D eigenvalue weighted by atomic mass is 10.2. The second-order valence-electron chi connectivity index (χ2n) is 6.15. The molecule has 7 nitrogen and oxygen atoms in total. The summed E-state index contributed by atoms with van der Waals surface area (Å²) >= 11 is 6.03. The van der Waals surface area contributed by atoms with E-state index in [-0.39, 0.29) is 11.8 Å². The summed E-state index contributed by atoms with van der Waals surface area (Å²) in [5.74, 6) is 0.551. The highest BCUT2D eigenvalue weighted by molar-refractivity contribution is 6.32. The molecule has 27 heavy (non-hydrogen) atoms. The molecule has 8 heteroatoms. The third kappa shape index (κ3) is 5.17. The molecule has 0 bridgehead atoms. The molecule has 1 aromatic carbocycles. The average molecular weight is 389 g/mol. The predicted octanol–water partition coefficient (Wildman–Crippen LogP) is 2.27. The number of aromatic nitrogens is 2. The first kappa shape index (κ1) is 19.1. The Bertz CT molecular complexity index is 780. The molecular formula is C19H21ClN4O3. The van der Waals surface area contributed by atoms with E-state index >= 15 is 0 Å². The molecule has 0 aliphatic carbocycles. The maximum absolute atomic E-state index is 12.3. The summed E-state index contributed by atoms with van der Waals surface area (Å²) in [5.41, 5.74) is 0.328. The molecule has 0 spiro atoms. The van der Waals surface area contributed by atoms with E-state index in [9.17, 15) is 9.59 Å². The van der Waals surface area contributed by atoms with Gasteiger partial charge in [0.2, 0.25) is 5.91 Å². The zero-order valence-corrected chi connectivity index (χ0v) is 15.6. The van der Waals surface area contributed by atoms with E-state index < -0.39 is 0 Å². The molecule has 3 rings (SSSR count). The van der Waals surface area contributed by atoms with Gasteiger partial charge in [0.1, 0.15) is 11.4 Å². The van der Waals surface area contributed by atoms with Crippen LogP contribution in [0.4, 0.5) is 0 Å². The van der Waals surface area contributed by atoms with Crippen molar-refractivity contribution in [1.82, 2.24) is 19.8 Å². The van der Waals surface area contributed by atoms with Crippen molar-refractivity contribution in [2.24, 2.45) is 0 Å². The predicted molar refractivity (Wildman–Crippen MR) is 101 cm³/mol. The summed E-state index contributed by atoms with van der Waals surface area (Å²) in [6, 6.07) is 7.27. The molecule has 1 fully saturated rings. The van der Waals surface area contributed by atoms with E-state index in [0.29, 0.717) is 62.1 Å². The van der Waals surface area contributed by atoms with Gasteiger partial charge in [0, 0.05) is 45.0 Å². The Morgan fingerprint density at radius 2 is 1.81 bits per heavy atom. The topological polar surface area (TPSA) is 75.6 Å². The Morgan fingerprint density at radius 1 is 1.07 bits per heavy atom. The summed E-state index contributed by atoms with van der Waals surface area (Å²) in [7, 11) is 0. The van der Waals surface area contributed by atoms with Gasteiger partial charge in [-0.05, 0) is 18.6 Å². The zero-order chi connectivity index (χ0) is 19.1. The lowest BCUT2D eigenvalue weighted by molar-refractivity contribution is -0.132. The number of piperazine rings is 1. The minimum Gasteiger partial charge on any atom is -0.492 e. The second kappa shape index (κ2) is 9.32. The molecule has 1 saturated heterocycles. The number of benzene rings is 1. The van der Waals surface area contributed by atoms with Crippen molar-refractivity contribution in [3.8, 4) is 5.75 Å². The van der Waals surface area contributed by atoms with Crippen LogP contribution < -0.4 is 4.74 Å². The maximum Gasteiger partial charge on any atom is 0.274 e. The van der Waals surface area contributed by atoms with E-state index in [0.717, 1.165) is 0 Å².